The molecule has 0 bridgehead atoms. The van der Waals surface area contributed by atoms with Gasteiger partial charge in [-0.1, -0.05) is 0 Å². The van der Waals surface area contributed by atoms with Crippen LogP contribution in [0.1, 0.15) is 11.1 Å². The highest BCUT2D eigenvalue weighted by Crippen LogP contribution is 2.35. The van der Waals surface area contributed by atoms with Crippen LogP contribution in [0.4, 0.5) is 13.2 Å². The summed E-state index contributed by atoms with van der Waals surface area (Å²) < 4.78 is 43.6. The van der Waals surface area contributed by atoms with E-state index in [0.29, 0.717) is 0 Å². The van der Waals surface area contributed by atoms with Gasteiger partial charge in [0.05, 0.1) is 17.2 Å². The topological polar surface area (TPSA) is 53.2 Å². The molecule has 0 heterocycles. The molecule has 0 spiro atoms. The fraction of sp³-hybridized carbons (Fsp3) is 0.0714. The van der Waals surface area contributed by atoms with E-state index in [0.717, 1.165) is 12.1 Å². The normalized spacial score (nSPS) is 10.9. The van der Waals surface area contributed by atoms with Gasteiger partial charge >= 0.3 is 6.18 Å². The van der Waals surface area contributed by atoms with Gasteiger partial charge in [0.15, 0.2) is 0 Å². The van der Waals surface area contributed by atoms with Gasteiger partial charge in [0.2, 0.25) is 0 Å². The molecule has 2 rings (SSSR count). The molecule has 0 fully saturated rings. The van der Waals surface area contributed by atoms with E-state index in [9.17, 15) is 13.2 Å². The van der Waals surface area contributed by atoms with Crippen LogP contribution in [0.15, 0.2) is 42.5 Å². The van der Waals surface area contributed by atoms with E-state index in [1.807, 2.05) is 0 Å². The summed E-state index contributed by atoms with van der Waals surface area (Å²) in [5.41, 5.74) is -1.51. The molecule has 0 radical (unpaired) electrons. The lowest BCUT2D eigenvalue weighted by molar-refractivity contribution is -0.137. The molecule has 0 unspecified atom stereocenters. The predicted octanol–water partition coefficient (Wildman–Crippen LogP) is 4.07. The van der Waals surface area contributed by atoms with Gasteiger partial charge in [0.25, 0.3) is 0 Å². The third-order valence-electron chi connectivity index (χ3n) is 2.49. The van der Waals surface area contributed by atoms with Crippen LogP contribution in [0.2, 0.25) is 0 Å². The van der Waals surface area contributed by atoms with E-state index >= 15 is 0 Å². The summed E-state index contributed by atoms with van der Waals surface area (Å²) in [6.45, 7) is 0. The summed E-state index contributed by atoms with van der Waals surface area (Å²) in [6.07, 6.45) is -4.63. The maximum Gasteiger partial charge on any atom is 0.417 e. The number of aromatic hydroxyl groups is 1. The molecule has 0 saturated carbocycles. The minimum Gasteiger partial charge on any atom is -0.508 e. The van der Waals surface area contributed by atoms with Crippen LogP contribution in [-0.4, -0.2) is 5.11 Å². The van der Waals surface area contributed by atoms with Crippen LogP contribution in [0.5, 0.6) is 17.2 Å². The Balaban J connectivity index is 2.34. The first-order chi connectivity index (χ1) is 9.40. The van der Waals surface area contributed by atoms with Crippen LogP contribution in [0, 0.1) is 11.3 Å². The molecular weight excluding hydrogens is 271 g/mol. The van der Waals surface area contributed by atoms with Crippen molar-refractivity contribution in [3.05, 3.63) is 53.6 Å². The highest BCUT2D eigenvalue weighted by atomic mass is 19.4. The van der Waals surface area contributed by atoms with Gasteiger partial charge in [0, 0.05) is 0 Å². The lowest BCUT2D eigenvalue weighted by Gasteiger charge is -2.11. The lowest BCUT2D eigenvalue weighted by Crippen LogP contribution is -2.07. The first kappa shape index (κ1) is 13.7. The zero-order valence-electron chi connectivity index (χ0n) is 9.98. The van der Waals surface area contributed by atoms with Crippen molar-refractivity contribution in [3.63, 3.8) is 0 Å². The quantitative estimate of drug-likeness (QED) is 0.901. The maximum atomic E-state index is 12.8. The number of alkyl halides is 3. The molecule has 0 atom stereocenters. The summed E-state index contributed by atoms with van der Waals surface area (Å²) >= 11 is 0. The number of rotatable bonds is 2. The molecular formula is C14H8F3NO2. The lowest BCUT2D eigenvalue weighted by atomic mass is 10.1. The third-order valence-corrected chi connectivity index (χ3v) is 2.49. The minimum absolute atomic E-state index is 0.0214. The van der Waals surface area contributed by atoms with Crippen molar-refractivity contribution >= 4 is 0 Å². The smallest absolute Gasteiger partial charge is 0.417 e. The van der Waals surface area contributed by atoms with E-state index in [4.69, 9.17) is 15.1 Å². The molecule has 0 amide bonds. The van der Waals surface area contributed by atoms with E-state index in [1.54, 1.807) is 0 Å². The molecule has 102 valence electrons. The van der Waals surface area contributed by atoms with E-state index in [-0.39, 0.29) is 17.2 Å². The Labute approximate surface area is 112 Å². The predicted molar refractivity (Wildman–Crippen MR) is 64.3 cm³/mol. The number of nitrogens with zero attached hydrogens (tertiary/aromatic N) is 1. The number of phenolic OH excluding ortho intramolecular Hbond substituents is 1. The summed E-state index contributed by atoms with van der Waals surface area (Å²) in [4.78, 5) is 0. The van der Waals surface area contributed by atoms with Gasteiger partial charge in [0.1, 0.15) is 17.2 Å². The highest BCUT2D eigenvalue weighted by molar-refractivity contribution is 5.45. The van der Waals surface area contributed by atoms with Crippen molar-refractivity contribution in [2.24, 2.45) is 0 Å². The van der Waals surface area contributed by atoms with Crippen LogP contribution in [-0.2, 0) is 6.18 Å². The average Bonchev–Trinajstić information content (AvgIpc) is 2.40. The average molecular weight is 279 g/mol. The summed E-state index contributed by atoms with van der Waals surface area (Å²) in [5.74, 6) is 0.260. The number of benzene rings is 2. The van der Waals surface area contributed by atoms with Gasteiger partial charge in [-0.05, 0) is 42.5 Å². The molecule has 0 aliphatic carbocycles. The Morgan fingerprint density at radius 2 is 1.60 bits per heavy atom. The van der Waals surface area contributed by atoms with Crippen LogP contribution < -0.4 is 4.74 Å². The molecule has 0 saturated heterocycles. The SMILES string of the molecule is N#Cc1ccc(Oc2ccc(O)cc2)cc1C(F)(F)F. The van der Waals surface area contributed by atoms with Gasteiger partial charge in [-0.3, -0.25) is 0 Å². The third kappa shape index (κ3) is 3.01. The van der Waals surface area contributed by atoms with Crippen molar-refractivity contribution in [2.75, 3.05) is 0 Å². The fourth-order valence-electron chi connectivity index (χ4n) is 1.57. The monoisotopic (exact) mass is 279 g/mol. The number of ether oxygens (including phenoxy) is 1. The van der Waals surface area contributed by atoms with Crippen LogP contribution in [0.25, 0.3) is 0 Å². The maximum absolute atomic E-state index is 12.8. The Bertz CT molecular complexity index is 658. The number of hydrogen-bond acceptors (Lipinski definition) is 3. The van der Waals surface area contributed by atoms with Crippen LogP contribution in [0.3, 0.4) is 0 Å². The van der Waals surface area contributed by atoms with E-state index in [2.05, 4.69) is 0 Å². The minimum atomic E-state index is -4.63. The van der Waals surface area contributed by atoms with Crippen molar-refractivity contribution in [1.29, 1.82) is 5.26 Å². The Morgan fingerprint density at radius 3 is 2.15 bits per heavy atom. The second-order valence-corrected chi connectivity index (χ2v) is 3.91. The molecule has 20 heavy (non-hydrogen) atoms. The zero-order chi connectivity index (χ0) is 14.8. The van der Waals surface area contributed by atoms with E-state index in [1.165, 1.54) is 36.4 Å². The number of hydrogen-bond donors (Lipinski definition) is 1. The summed E-state index contributed by atoms with van der Waals surface area (Å²) in [7, 11) is 0. The largest absolute Gasteiger partial charge is 0.508 e. The first-order valence-electron chi connectivity index (χ1n) is 5.48. The molecule has 0 aromatic heterocycles. The van der Waals surface area contributed by atoms with Crippen molar-refractivity contribution in [3.8, 4) is 23.3 Å². The van der Waals surface area contributed by atoms with Crippen molar-refractivity contribution < 1.29 is 23.0 Å². The Kier molecular flexibility index (Phi) is 3.53. The number of nitriles is 1. The number of halogens is 3. The summed E-state index contributed by atoms with van der Waals surface area (Å²) in [5, 5.41) is 17.8. The molecule has 3 nitrogen and oxygen atoms in total. The fourth-order valence-corrected chi connectivity index (χ4v) is 1.57. The van der Waals surface area contributed by atoms with Gasteiger partial charge in [-0.15, -0.1) is 0 Å². The standard InChI is InChI=1S/C14H8F3NO2/c15-14(16,17)13-7-12(4-1-9(13)8-18)20-11-5-2-10(19)3-6-11/h1-7,19H. The highest BCUT2D eigenvalue weighted by Gasteiger charge is 2.34. The number of phenols is 1. The molecule has 2 aromatic carbocycles. The second-order valence-electron chi connectivity index (χ2n) is 3.91. The molecule has 6 heteroatoms. The Morgan fingerprint density at radius 1 is 1.00 bits per heavy atom. The molecule has 1 N–H and O–H groups in total. The van der Waals surface area contributed by atoms with Crippen LogP contribution >= 0.6 is 0 Å². The molecule has 0 aliphatic rings. The molecule has 2 aromatic rings. The molecule has 0 aliphatic heterocycles. The van der Waals surface area contributed by atoms with Gasteiger partial charge in [-0.25, -0.2) is 0 Å². The van der Waals surface area contributed by atoms with Gasteiger partial charge in [-0.2, -0.15) is 18.4 Å². The second kappa shape index (κ2) is 5.13. The van der Waals surface area contributed by atoms with Crippen molar-refractivity contribution in [1.82, 2.24) is 0 Å². The summed E-state index contributed by atoms with van der Waals surface area (Å²) in [6, 6.07) is 10.1. The first-order valence-corrected chi connectivity index (χ1v) is 5.48. The van der Waals surface area contributed by atoms with Gasteiger partial charge < -0.3 is 9.84 Å². The Hall–Kier alpha value is -2.68. The van der Waals surface area contributed by atoms with E-state index < -0.39 is 17.3 Å². The zero-order valence-corrected chi connectivity index (χ0v) is 9.98. The van der Waals surface area contributed by atoms with Crippen molar-refractivity contribution in [2.45, 2.75) is 6.18 Å².